The maximum absolute atomic E-state index is 5.82. The molecule has 3 N–H and O–H groups in total. The van der Waals surface area contributed by atoms with E-state index in [2.05, 4.69) is 15.2 Å². The molecule has 4 nitrogen and oxygen atoms in total. The topological polar surface area (TPSA) is 53.6 Å². The summed E-state index contributed by atoms with van der Waals surface area (Å²) in [5.74, 6) is 1.40. The van der Waals surface area contributed by atoms with E-state index in [1.54, 1.807) is 0 Å². The summed E-state index contributed by atoms with van der Waals surface area (Å²) < 4.78 is 0. The molecule has 0 amide bonds. The molecule has 1 atom stereocenters. The molecular weight excluding hydrogens is 200 g/mol. The Balaban J connectivity index is 1.40. The van der Waals surface area contributed by atoms with Crippen LogP contribution in [0.3, 0.4) is 0 Å². The predicted octanol–water partition coefficient (Wildman–Crippen LogP) is 0.537. The summed E-state index contributed by atoms with van der Waals surface area (Å²) in [7, 11) is 0. The molecule has 1 saturated heterocycles. The molecule has 1 unspecified atom stereocenters. The predicted molar refractivity (Wildman–Crippen MR) is 65.3 cm³/mol. The third-order valence-electron chi connectivity index (χ3n) is 3.83. The maximum Gasteiger partial charge on any atom is 0.188 e. The number of nitrogens with two attached hydrogens (primary N) is 1. The number of likely N-dealkylation sites (tertiary alicyclic amines) is 1. The SMILES string of the molecule is NC(=NCC1CCN(C2CC2)C1)NC1CC1. The summed E-state index contributed by atoms with van der Waals surface area (Å²) in [4.78, 5) is 7.09. The van der Waals surface area contributed by atoms with Crippen molar-refractivity contribution in [1.29, 1.82) is 0 Å². The van der Waals surface area contributed by atoms with Gasteiger partial charge in [-0.15, -0.1) is 0 Å². The van der Waals surface area contributed by atoms with Gasteiger partial charge in [-0.05, 0) is 44.6 Å². The molecule has 2 aliphatic carbocycles. The second-order valence-corrected chi connectivity index (χ2v) is 5.53. The zero-order valence-electron chi connectivity index (χ0n) is 9.86. The summed E-state index contributed by atoms with van der Waals surface area (Å²) >= 11 is 0. The molecule has 0 radical (unpaired) electrons. The van der Waals surface area contributed by atoms with Crippen molar-refractivity contribution in [2.45, 2.75) is 44.2 Å². The lowest BCUT2D eigenvalue weighted by Gasteiger charge is -2.13. The van der Waals surface area contributed by atoms with Gasteiger partial charge < -0.3 is 16.0 Å². The maximum atomic E-state index is 5.82. The number of nitrogens with zero attached hydrogens (tertiary/aromatic N) is 2. The Kier molecular flexibility index (Phi) is 2.75. The molecular formula is C12H22N4. The van der Waals surface area contributed by atoms with Gasteiger partial charge in [-0.1, -0.05) is 0 Å². The minimum absolute atomic E-state index is 0.621. The van der Waals surface area contributed by atoms with Gasteiger partial charge in [-0.25, -0.2) is 0 Å². The lowest BCUT2D eigenvalue weighted by atomic mass is 10.1. The van der Waals surface area contributed by atoms with Gasteiger partial charge in [-0.3, -0.25) is 4.99 Å². The van der Waals surface area contributed by atoms with Crippen LogP contribution in [0.25, 0.3) is 0 Å². The minimum Gasteiger partial charge on any atom is -0.370 e. The third-order valence-corrected chi connectivity index (χ3v) is 3.83. The Labute approximate surface area is 97.3 Å². The molecule has 3 rings (SSSR count). The fraction of sp³-hybridized carbons (Fsp3) is 0.917. The van der Waals surface area contributed by atoms with Gasteiger partial charge >= 0.3 is 0 Å². The number of guanidine groups is 1. The van der Waals surface area contributed by atoms with Crippen LogP contribution in [0, 0.1) is 5.92 Å². The summed E-state index contributed by atoms with van der Waals surface area (Å²) in [6.45, 7) is 3.43. The Morgan fingerprint density at radius 1 is 1.25 bits per heavy atom. The van der Waals surface area contributed by atoms with Crippen LogP contribution in [0.15, 0.2) is 4.99 Å². The van der Waals surface area contributed by atoms with E-state index < -0.39 is 0 Å². The molecule has 0 aromatic rings. The number of nitrogens with one attached hydrogen (secondary N) is 1. The highest BCUT2D eigenvalue weighted by atomic mass is 15.2. The highest BCUT2D eigenvalue weighted by Gasteiger charge is 2.34. The zero-order valence-corrected chi connectivity index (χ0v) is 9.86. The van der Waals surface area contributed by atoms with E-state index in [9.17, 15) is 0 Å². The third kappa shape index (κ3) is 2.67. The van der Waals surface area contributed by atoms with Crippen molar-refractivity contribution in [3.63, 3.8) is 0 Å². The molecule has 0 aromatic heterocycles. The van der Waals surface area contributed by atoms with E-state index in [4.69, 9.17) is 5.73 Å². The summed E-state index contributed by atoms with van der Waals surface area (Å²) in [5.41, 5.74) is 5.82. The molecule has 0 spiro atoms. The van der Waals surface area contributed by atoms with Gasteiger partial charge in [0.05, 0.1) is 0 Å². The van der Waals surface area contributed by atoms with Crippen molar-refractivity contribution in [3.05, 3.63) is 0 Å². The molecule has 3 aliphatic rings. The van der Waals surface area contributed by atoms with Crippen LogP contribution >= 0.6 is 0 Å². The van der Waals surface area contributed by atoms with Gasteiger partial charge in [0, 0.05) is 25.2 Å². The Hall–Kier alpha value is -0.770. The zero-order chi connectivity index (χ0) is 11.0. The smallest absolute Gasteiger partial charge is 0.188 e. The van der Waals surface area contributed by atoms with E-state index in [1.807, 2.05) is 0 Å². The van der Waals surface area contributed by atoms with Gasteiger partial charge in [0.25, 0.3) is 0 Å². The average Bonchev–Trinajstić information content (AvgIpc) is 3.18. The minimum atomic E-state index is 0.621. The van der Waals surface area contributed by atoms with Crippen LogP contribution in [0.4, 0.5) is 0 Å². The molecule has 2 saturated carbocycles. The number of aliphatic imine (C=N–C) groups is 1. The van der Waals surface area contributed by atoms with Crippen LogP contribution < -0.4 is 11.1 Å². The van der Waals surface area contributed by atoms with Crippen LogP contribution in [-0.4, -0.2) is 42.6 Å². The van der Waals surface area contributed by atoms with E-state index in [0.717, 1.165) is 18.5 Å². The molecule has 1 aliphatic heterocycles. The molecule has 4 heteroatoms. The van der Waals surface area contributed by atoms with E-state index in [1.165, 1.54) is 45.2 Å². The highest BCUT2D eigenvalue weighted by Crippen LogP contribution is 2.31. The lowest BCUT2D eigenvalue weighted by molar-refractivity contribution is 0.315. The van der Waals surface area contributed by atoms with E-state index in [0.29, 0.717) is 12.0 Å². The van der Waals surface area contributed by atoms with Crippen LogP contribution in [-0.2, 0) is 0 Å². The standard InChI is InChI=1S/C12H22N4/c13-12(15-10-1-2-10)14-7-9-5-6-16(8-9)11-3-4-11/h9-11H,1-8H2,(H3,13,14,15). The number of hydrogen-bond acceptors (Lipinski definition) is 2. The van der Waals surface area contributed by atoms with Crippen LogP contribution in [0.2, 0.25) is 0 Å². The first-order valence-electron chi connectivity index (χ1n) is 6.62. The second kappa shape index (κ2) is 4.24. The van der Waals surface area contributed by atoms with E-state index in [-0.39, 0.29) is 0 Å². The number of hydrogen-bond donors (Lipinski definition) is 2. The van der Waals surface area contributed by atoms with Gasteiger partial charge in [-0.2, -0.15) is 0 Å². The van der Waals surface area contributed by atoms with Crippen molar-refractivity contribution < 1.29 is 0 Å². The summed E-state index contributed by atoms with van der Waals surface area (Å²) in [6, 6.07) is 1.53. The molecule has 0 aromatic carbocycles. The van der Waals surface area contributed by atoms with Crippen molar-refractivity contribution >= 4 is 5.96 Å². The van der Waals surface area contributed by atoms with Crippen molar-refractivity contribution in [2.75, 3.05) is 19.6 Å². The van der Waals surface area contributed by atoms with Gasteiger partial charge in [0.1, 0.15) is 0 Å². The van der Waals surface area contributed by atoms with Crippen LogP contribution in [0.5, 0.6) is 0 Å². The van der Waals surface area contributed by atoms with Crippen LogP contribution in [0.1, 0.15) is 32.1 Å². The lowest BCUT2D eigenvalue weighted by Crippen LogP contribution is -2.34. The van der Waals surface area contributed by atoms with Gasteiger partial charge in [0.15, 0.2) is 5.96 Å². The fourth-order valence-electron chi connectivity index (χ4n) is 2.49. The van der Waals surface area contributed by atoms with Crippen molar-refractivity contribution in [2.24, 2.45) is 16.6 Å². The molecule has 90 valence electrons. The molecule has 0 bridgehead atoms. The number of rotatable bonds is 4. The highest BCUT2D eigenvalue weighted by molar-refractivity contribution is 5.78. The van der Waals surface area contributed by atoms with Crippen molar-refractivity contribution in [3.8, 4) is 0 Å². The second-order valence-electron chi connectivity index (χ2n) is 5.53. The van der Waals surface area contributed by atoms with Gasteiger partial charge in [0.2, 0.25) is 0 Å². The monoisotopic (exact) mass is 222 g/mol. The summed E-state index contributed by atoms with van der Waals surface area (Å²) in [6.07, 6.45) is 6.66. The normalized spacial score (nSPS) is 32.0. The first kappa shape index (κ1) is 10.4. The quantitative estimate of drug-likeness (QED) is 0.539. The Morgan fingerprint density at radius 2 is 2.06 bits per heavy atom. The first-order chi connectivity index (χ1) is 7.81. The first-order valence-corrected chi connectivity index (χ1v) is 6.62. The average molecular weight is 222 g/mol. The van der Waals surface area contributed by atoms with E-state index >= 15 is 0 Å². The molecule has 3 fully saturated rings. The Bertz CT molecular complexity index is 281. The fourth-order valence-corrected chi connectivity index (χ4v) is 2.49. The molecule has 1 heterocycles. The largest absolute Gasteiger partial charge is 0.370 e. The molecule has 16 heavy (non-hydrogen) atoms. The summed E-state index contributed by atoms with van der Waals surface area (Å²) in [5, 5.41) is 3.24. The van der Waals surface area contributed by atoms with Crippen molar-refractivity contribution in [1.82, 2.24) is 10.2 Å². The Morgan fingerprint density at radius 3 is 2.75 bits per heavy atom.